The van der Waals surface area contributed by atoms with Gasteiger partial charge in [-0.15, -0.1) is 0 Å². The van der Waals surface area contributed by atoms with Crippen molar-refractivity contribution in [3.05, 3.63) is 70.2 Å². The Morgan fingerprint density at radius 3 is 2.50 bits per heavy atom. The molecule has 116 valence electrons. The topological polar surface area (TPSA) is 29.5 Å². The van der Waals surface area contributed by atoms with E-state index in [0.29, 0.717) is 26.1 Å². The number of benzene rings is 2. The van der Waals surface area contributed by atoms with Crippen LogP contribution in [0.5, 0.6) is 0 Å². The number of amides is 1. The summed E-state index contributed by atoms with van der Waals surface area (Å²) in [4.78, 5) is 14.4. The normalized spacial score (nSPS) is 10.5. The molecule has 0 saturated heterocycles. The monoisotopic (exact) mass is 361 g/mol. The van der Waals surface area contributed by atoms with Crippen LogP contribution in [0.1, 0.15) is 11.1 Å². The average Bonchev–Trinajstić information content (AvgIpc) is 2.52. The van der Waals surface area contributed by atoms with E-state index in [0.717, 1.165) is 15.6 Å². The molecule has 2 aromatic rings. The van der Waals surface area contributed by atoms with Crippen molar-refractivity contribution in [2.75, 3.05) is 20.3 Å². The molecule has 0 radical (unpaired) electrons. The van der Waals surface area contributed by atoms with Gasteiger partial charge in [-0.1, -0.05) is 58.4 Å². The maximum atomic E-state index is 12.6. The number of carbonyl (C=O) groups excluding carboxylic acids is 1. The fourth-order valence-electron chi connectivity index (χ4n) is 2.23. The summed E-state index contributed by atoms with van der Waals surface area (Å²) in [5.41, 5.74) is 2.14. The van der Waals surface area contributed by atoms with Crippen molar-refractivity contribution >= 4 is 21.8 Å². The molecule has 0 bridgehead atoms. The molecule has 0 aliphatic carbocycles. The zero-order chi connectivity index (χ0) is 15.8. The molecular weight excluding hydrogens is 342 g/mol. The van der Waals surface area contributed by atoms with Crippen molar-refractivity contribution < 1.29 is 9.53 Å². The lowest BCUT2D eigenvalue weighted by Crippen LogP contribution is -2.34. The minimum atomic E-state index is 0.110. The van der Waals surface area contributed by atoms with Gasteiger partial charge < -0.3 is 9.64 Å². The first-order chi connectivity index (χ1) is 10.7. The Balaban J connectivity index is 2.05. The third-order valence-electron chi connectivity index (χ3n) is 3.38. The lowest BCUT2D eigenvalue weighted by molar-refractivity contribution is -0.131. The molecule has 0 aliphatic heterocycles. The number of hydrogen-bond donors (Lipinski definition) is 0. The van der Waals surface area contributed by atoms with E-state index in [-0.39, 0.29) is 5.91 Å². The second-order valence-corrected chi connectivity index (χ2v) is 6.02. The number of ether oxygens (including phenoxy) is 1. The summed E-state index contributed by atoms with van der Waals surface area (Å²) >= 11 is 3.44. The molecule has 22 heavy (non-hydrogen) atoms. The van der Waals surface area contributed by atoms with E-state index in [2.05, 4.69) is 15.9 Å². The van der Waals surface area contributed by atoms with Gasteiger partial charge in [0.05, 0.1) is 13.0 Å². The van der Waals surface area contributed by atoms with E-state index < -0.39 is 0 Å². The molecule has 3 nitrogen and oxygen atoms in total. The second-order valence-electron chi connectivity index (χ2n) is 5.10. The van der Waals surface area contributed by atoms with E-state index in [1.54, 1.807) is 7.11 Å². The number of nitrogens with zero attached hydrogens (tertiary/aromatic N) is 1. The van der Waals surface area contributed by atoms with Crippen LogP contribution in [0.3, 0.4) is 0 Å². The highest BCUT2D eigenvalue weighted by molar-refractivity contribution is 9.10. The van der Waals surface area contributed by atoms with Crippen LogP contribution in [-0.2, 0) is 22.5 Å². The molecule has 0 heterocycles. The fourth-order valence-corrected chi connectivity index (χ4v) is 2.68. The molecule has 0 atom stereocenters. The molecule has 0 aliphatic rings. The van der Waals surface area contributed by atoms with Gasteiger partial charge in [0, 0.05) is 24.7 Å². The number of methoxy groups -OCH3 is 1. The molecule has 0 spiro atoms. The Morgan fingerprint density at radius 1 is 1.09 bits per heavy atom. The Bertz CT molecular complexity index is 601. The molecule has 4 heteroatoms. The van der Waals surface area contributed by atoms with Crippen molar-refractivity contribution in [1.82, 2.24) is 4.90 Å². The standard InChI is InChI=1S/C18H20BrNO2/c1-22-11-10-20(14-15-6-3-2-4-7-15)18(21)13-16-8-5-9-17(19)12-16/h2-9,12H,10-11,13-14H2,1H3. The number of carbonyl (C=O) groups is 1. The van der Waals surface area contributed by atoms with Gasteiger partial charge in [0.15, 0.2) is 0 Å². The van der Waals surface area contributed by atoms with Crippen molar-refractivity contribution in [1.29, 1.82) is 0 Å². The van der Waals surface area contributed by atoms with Crippen LogP contribution in [0.2, 0.25) is 0 Å². The average molecular weight is 362 g/mol. The smallest absolute Gasteiger partial charge is 0.227 e. The van der Waals surface area contributed by atoms with Crippen molar-refractivity contribution in [2.45, 2.75) is 13.0 Å². The minimum absolute atomic E-state index is 0.110. The second kappa shape index (κ2) is 8.71. The van der Waals surface area contributed by atoms with E-state index in [9.17, 15) is 4.79 Å². The summed E-state index contributed by atoms with van der Waals surface area (Å²) in [5, 5.41) is 0. The van der Waals surface area contributed by atoms with Crippen LogP contribution in [0.25, 0.3) is 0 Å². The van der Waals surface area contributed by atoms with Crippen LogP contribution < -0.4 is 0 Å². The van der Waals surface area contributed by atoms with Gasteiger partial charge in [0.25, 0.3) is 0 Å². The molecule has 2 aromatic carbocycles. The Kier molecular flexibility index (Phi) is 6.62. The van der Waals surface area contributed by atoms with Crippen LogP contribution in [0, 0.1) is 0 Å². The summed E-state index contributed by atoms with van der Waals surface area (Å²) in [5.74, 6) is 0.110. The van der Waals surface area contributed by atoms with E-state index in [1.807, 2.05) is 59.5 Å². The molecule has 0 unspecified atom stereocenters. The van der Waals surface area contributed by atoms with Gasteiger partial charge in [-0.3, -0.25) is 4.79 Å². The van der Waals surface area contributed by atoms with Gasteiger partial charge >= 0.3 is 0 Å². The van der Waals surface area contributed by atoms with E-state index in [1.165, 1.54) is 0 Å². The summed E-state index contributed by atoms with van der Waals surface area (Å²) < 4.78 is 6.12. The van der Waals surface area contributed by atoms with Crippen LogP contribution in [0.4, 0.5) is 0 Å². The maximum Gasteiger partial charge on any atom is 0.227 e. The highest BCUT2D eigenvalue weighted by Gasteiger charge is 2.14. The van der Waals surface area contributed by atoms with Crippen LogP contribution in [0.15, 0.2) is 59.1 Å². The summed E-state index contributed by atoms with van der Waals surface area (Å²) in [6.07, 6.45) is 0.399. The zero-order valence-electron chi connectivity index (χ0n) is 12.7. The molecule has 2 rings (SSSR count). The quantitative estimate of drug-likeness (QED) is 0.752. The predicted octanol–water partition coefficient (Wildman–Crippen LogP) is 3.67. The summed E-state index contributed by atoms with van der Waals surface area (Å²) in [6.45, 7) is 1.74. The van der Waals surface area contributed by atoms with Crippen molar-refractivity contribution in [2.24, 2.45) is 0 Å². The highest BCUT2D eigenvalue weighted by atomic mass is 79.9. The van der Waals surface area contributed by atoms with E-state index in [4.69, 9.17) is 4.74 Å². The zero-order valence-corrected chi connectivity index (χ0v) is 14.3. The molecular formula is C18H20BrNO2. The Morgan fingerprint density at radius 2 is 1.82 bits per heavy atom. The van der Waals surface area contributed by atoms with Gasteiger partial charge in [-0.2, -0.15) is 0 Å². The highest BCUT2D eigenvalue weighted by Crippen LogP contribution is 2.14. The maximum absolute atomic E-state index is 12.6. The van der Waals surface area contributed by atoms with Gasteiger partial charge in [-0.05, 0) is 23.3 Å². The first-order valence-electron chi connectivity index (χ1n) is 7.24. The van der Waals surface area contributed by atoms with Crippen LogP contribution >= 0.6 is 15.9 Å². The lowest BCUT2D eigenvalue weighted by atomic mass is 10.1. The van der Waals surface area contributed by atoms with Gasteiger partial charge in [0.2, 0.25) is 5.91 Å². The molecule has 0 aromatic heterocycles. The third kappa shape index (κ3) is 5.28. The molecule has 0 fully saturated rings. The Hall–Kier alpha value is -1.65. The fraction of sp³-hybridized carbons (Fsp3) is 0.278. The largest absolute Gasteiger partial charge is 0.383 e. The number of rotatable bonds is 7. The van der Waals surface area contributed by atoms with Crippen LogP contribution in [-0.4, -0.2) is 31.1 Å². The summed E-state index contributed by atoms with van der Waals surface area (Å²) in [6, 6.07) is 17.9. The van der Waals surface area contributed by atoms with Crippen molar-refractivity contribution in [3.8, 4) is 0 Å². The summed E-state index contributed by atoms with van der Waals surface area (Å²) in [7, 11) is 1.65. The SMILES string of the molecule is COCCN(Cc1ccccc1)C(=O)Cc1cccc(Br)c1. The molecule has 1 amide bonds. The molecule has 0 N–H and O–H groups in total. The lowest BCUT2D eigenvalue weighted by Gasteiger charge is -2.22. The number of halogens is 1. The predicted molar refractivity (Wildman–Crippen MR) is 91.6 cm³/mol. The first-order valence-corrected chi connectivity index (χ1v) is 8.03. The Labute approximate surface area is 140 Å². The van der Waals surface area contributed by atoms with E-state index >= 15 is 0 Å². The van der Waals surface area contributed by atoms with Gasteiger partial charge in [0.1, 0.15) is 0 Å². The first kappa shape index (κ1) is 16.7. The third-order valence-corrected chi connectivity index (χ3v) is 3.87. The van der Waals surface area contributed by atoms with Gasteiger partial charge in [-0.25, -0.2) is 0 Å². The molecule has 0 saturated carbocycles. The minimum Gasteiger partial charge on any atom is -0.383 e. The number of hydrogen-bond acceptors (Lipinski definition) is 2. The van der Waals surface area contributed by atoms with Crippen molar-refractivity contribution in [3.63, 3.8) is 0 Å².